The third-order valence-corrected chi connectivity index (χ3v) is 4.75. The summed E-state index contributed by atoms with van der Waals surface area (Å²) in [6, 6.07) is 10.1. The highest BCUT2D eigenvalue weighted by molar-refractivity contribution is 5.91. The number of carboxylic acids is 1. The number of urea groups is 1. The minimum Gasteiger partial charge on any atom is -0.545 e. The van der Waals surface area contributed by atoms with Crippen molar-refractivity contribution >= 4 is 28.7 Å². The predicted octanol–water partition coefficient (Wildman–Crippen LogP) is 2.87. The van der Waals surface area contributed by atoms with Crippen LogP contribution in [0.4, 0.5) is 14.9 Å². The van der Waals surface area contributed by atoms with Crippen LogP contribution in [0.3, 0.4) is 0 Å². The molecule has 152 valence electrons. The summed E-state index contributed by atoms with van der Waals surface area (Å²) in [5.41, 5.74) is 1.85. The monoisotopic (exact) mass is 397 g/mol. The van der Waals surface area contributed by atoms with E-state index in [1.54, 1.807) is 12.1 Å². The molecule has 3 aromatic rings. The molecule has 0 fully saturated rings. The van der Waals surface area contributed by atoms with Crippen molar-refractivity contribution in [3.8, 4) is 0 Å². The molecule has 0 saturated carbocycles. The number of carbonyl (C=O) groups excluding carboxylic acids is 2. The van der Waals surface area contributed by atoms with Gasteiger partial charge in [0.15, 0.2) is 0 Å². The quantitative estimate of drug-likeness (QED) is 0.640. The van der Waals surface area contributed by atoms with Gasteiger partial charge in [-0.05, 0) is 49.2 Å². The van der Waals surface area contributed by atoms with Crippen LogP contribution in [0.15, 0.2) is 42.5 Å². The number of aromatic carboxylic acids is 1. The second-order valence-corrected chi connectivity index (χ2v) is 6.79. The van der Waals surface area contributed by atoms with Crippen molar-refractivity contribution < 1.29 is 19.1 Å². The molecular formula is C21H22FN4O3-. The Bertz CT molecular complexity index is 1050. The van der Waals surface area contributed by atoms with Crippen LogP contribution in [0.5, 0.6) is 0 Å². The first-order valence-corrected chi connectivity index (χ1v) is 9.41. The zero-order valence-corrected chi connectivity index (χ0v) is 16.2. The van der Waals surface area contributed by atoms with E-state index in [1.807, 2.05) is 0 Å². The summed E-state index contributed by atoms with van der Waals surface area (Å²) < 4.78 is 15.3. The molecule has 0 spiro atoms. The van der Waals surface area contributed by atoms with Gasteiger partial charge in [0.1, 0.15) is 11.6 Å². The topological polar surface area (TPSA) is 99.1 Å². The second-order valence-electron chi connectivity index (χ2n) is 6.79. The molecule has 29 heavy (non-hydrogen) atoms. The van der Waals surface area contributed by atoms with Crippen molar-refractivity contribution in [1.82, 2.24) is 14.9 Å². The van der Waals surface area contributed by atoms with Gasteiger partial charge >= 0.3 is 6.03 Å². The van der Waals surface area contributed by atoms with Gasteiger partial charge in [-0.2, -0.15) is 0 Å². The fourth-order valence-electron chi connectivity index (χ4n) is 3.16. The summed E-state index contributed by atoms with van der Waals surface area (Å²) in [6.07, 6.45) is 1.32. The van der Waals surface area contributed by atoms with Crippen molar-refractivity contribution in [3.63, 3.8) is 0 Å². The molecule has 2 N–H and O–H groups in total. The summed E-state index contributed by atoms with van der Waals surface area (Å²) in [7, 11) is 0. The van der Waals surface area contributed by atoms with E-state index in [0.717, 1.165) is 17.8 Å². The van der Waals surface area contributed by atoms with Crippen molar-refractivity contribution in [1.29, 1.82) is 0 Å². The normalized spacial score (nSPS) is 12.0. The van der Waals surface area contributed by atoms with Crippen LogP contribution in [-0.2, 0) is 6.42 Å². The highest BCUT2D eigenvalue weighted by Crippen LogP contribution is 2.24. The Labute approximate surface area is 167 Å². The Kier molecular flexibility index (Phi) is 6.11. The number of carboxylic acid groups (broad SMARTS) is 1. The molecule has 0 bridgehead atoms. The second kappa shape index (κ2) is 8.72. The highest BCUT2D eigenvalue weighted by atomic mass is 19.1. The summed E-state index contributed by atoms with van der Waals surface area (Å²) >= 11 is 0. The lowest BCUT2D eigenvalue weighted by Gasteiger charge is -2.16. The van der Waals surface area contributed by atoms with Gasteiger partial charge in [0.2, 0.25) is 0 Å². The van der Waals surface area contributed by atoms with E-state index >= 15 is 0 Å². The third kappa shape index (κ3) is 4.71. The molecule has 7 nitrogen and oxygen atoms in total. The number of carbonyl (C=O) groups is 2. The SMILES string of the molecule is CC[C@@H](C)n1c(CCNC(=O)Nc2cccc(F)c2)nc2cc(C(=O)[O-])ccc21. The van der Waals surface area contributed by atoms with Gasteiger partial charge in [-0.3, -0.25) is 0 Å². The summed E-state index contributed by atoms with van der Waals surface area (Å²) in [5, 5.41) is 16.4. The van der Waals surface area contributed by atoms with E-state index in [1.165, 1.54) is 30.3 Å². The summed E-state index contributed by atoms with van der Waals surface area (Å²) in [6.45, 7) is 4.43. The van der Waals surface area contributed by atoms with Crippen molar-refractivity contribution in [3.05, 3.63) is 59.7 Å². The van der Waals surface area contributed by atoms with Crippen LogP contribution >= 0.6 is 0 Å². The zero-order valence-electron chi connectivity index (χ0n) is 16.2. The highest BCUT2D eigenvalue weighted by Gasteiger charge is 2.15. The molecule has 0 unspecified atom stereocenters. The standard InChI is InChI=1S/C21H23FN4O3/c1-3-13(2)26-18-8-7-14(20(27)28)11-17(18)25-19(26)9-10-23-21(29)24-16-6-4-5-15(22)12-16/h4-8,11-13H,3,9-10H2,1-2H3,(H,27,28)(H2,23,24,29)/p-1/t13-/m1/s1. The van der Waals surface area contributed by atoms with Crippen LogP contribution in [0, 0.1) is 5.82 Å². The Morgan fingerprint density at radius 1 is 1.24 bits per heavy atom. The molecule has 0 radical (unpaired) electrons. The maximum absolute atomic E-state index is 13.2. The molecular weight excluding hydrogens is 375 g/mol. The van der Waals surface area contributed by atoms with Crippen LogP contribution in [-0.4, -0.2) is 28.1 Å². The molecule has 1 aromatic heterocycles. The minimum absolute atomic E-state index is 0.0745. The van der Waals surface area contributed by atoms with E-state index in [0.29, 0.717) is 24.2 Å². The third-order valence-electron chi connectivity index (χ3n) is 4.75. The molecule has 0 aliphatic carbocycles. The molecule has 2 aromatic carbocycles. The fourth-order valence-corrected chi connectivity index (χ4v) is 3.16. The van der Waals surface area contributed by atoms with Gasteiger partial charge in [-0.25, -0.2) is 14.2 Å². The average molecular weight is 397 g/mol. The van der Waals surface area contributed by atoms with Gasteiger partial charge in [0.05, 0.1) is 17.0 Å². The summed E-state index contributed by atoms with van der Waals surface area (Å²) in [5.74, 6) is -0.931. The van der Waals surface area contributed by atoms with E-state index < -0.39 is 17.8 Å². The fraction of sp³-hybridized carbons (Fsp3) is 0.286. The minimum atomic E-state index is -1.25. The number of rotatable bonds is 7. The molecule has 3 rings (SSSR count). The van der Waals surface area contributed by atoms with Crippen molar-refractivity contribution in [2.24, 2.45) is 0 Å². The Morgan fingerprint density at radius 3 is 2.72 bits per heavy atom. The lowest BCUT2D eigenvalue weighted by molar-refractivity contribution is -0.255. The number of aromatic nitrogens is 2. The number of fused-ring (bicyclic) bond motifs is 1. The van der Waals surface area contributed by atoms with Crippen LogP contribution in [0.1, 0.15) is 42.5 Å². The van der Waals surface area contributed by atoms with Crippen LogP contribution in [0.25, 0.3) is 11.0 Å². The Morgan fingerprint density at radius 2 is 2.03 bits per heavy atom. The van der Waals surface area contributed by atoms with Gasteiger partial charge in [0.25, 0.3) is 0 Å². The van der Waals surface area contributed by atoms with Crippen molar-refractivity contribution in [2.45, 2.75) is 32.7 Å². The van der Waals surface area contributed by atoms with E-state index in [2.05, 4.69) is 34.0 Å². The van der Waals surface area contributed by atoms with Gasteiger partial charge in [-0.15, -0.1) is 0 Å². The molecule has 8 heteroatoms. The number of imidazole rings is 1. The zero-order chi connectivity index (χ0) is 21.0. The lowest BCUT2D eigenvalue weighted by Crippen LogP contribution is -2.31. The lowest BCUT2D eigenvalue weighted by atomic mass is 10.2. The maximum Gasteiger partial charge on any atom is 0.319 e. The number of hydrogen-bond acceptors (Lipinski definition) is 4. The first-order valence-electron chi connectivity index (χ1n) is 9.41. The van der Waals surface area contributed by atoms with E-state index in [9.17, 15) is 19.1 Å². The predicted molar refractivity (Wildman–Crippen MR) is 106 cm³/mol. The number of nitrogens with one attached hydrogen (secondary N) is 2. The molecule has 2 amide bonds. The van der Waals surface area contributed by atoms with Gasteiger partial charge in [-0.1, -0.05) is 19.1 Å². The molecule has 1 heterocycles. The van der Waals surface area contributed by atoms with E-state index in [-0.39, 0.29) is 11.6 Å². The number of benzene rings is 2. The largest absolute Gasteiger partial charge is 0.545 e. The molecule has 0 aliphatic rings. The Hall–Kier alpha value is -3.42. The number of hydrogen-bond donors (Lipinski definition) is 2. The molecule has 0 aliphatic heterocycles. The Balaban J connectivity index is 1.73. The maximum atomic E-state index is 13.2. The smallest absolute Gasteiger partial charge is 0.319 e. The van der Waals surface area contributed by atoms with Crippen LogP contribution in [0.2, 0.25) is 0 Å². The van der Waals surface area contributed by atoms with Gasteiger partial charge < -0.3 is 25.1 Å². The van der Waals surface area contributed by atoms with E-state index in [4.69, 9.17) is 0 Å². The number of halogens is 1. The van der Waals surface area contributed by atoms with Crippen LogP contribution < -0.4 is 15.7 Å². The molecule has 1 atom stereocenters. The van der Waals surface area contributed by atoms with Gasteiger partial charge in [0, 0.05) is 24.7 Å². The average Bonchev–Trinajstić information content (AvgIpc) is 3.04. The number of amides is 2. The molecule has 0 saturated heterocycles. The summed E-state index contributed by atoms with van der Waals surface area (Å²) in [4.78, 5) is 27.7. The first kappa shape index (κ1) is 20.3. The number of anilines is 1. The van der Waals surface area contributed by atoms with Crippen molar-refractivity contribution in [2.75, 3.05) is 11.9 Å². The first-order chi connectivity index (χ1) is 13.9. The number of nitrogens with zero attached hydrogens (tertiary/aromatic N) is 2.